The second-order valence-electron chi connectivity index (χ2n) is 9.23. The highest BCUT2D eigenvalue weighted by Gasteiger charge is 2.34. The van der Waals surface area contributed by atoms with E-state index in [4.69, 9.17) is 0 Å². The van der Waals surface area contributed by atoms with Crippen LogP contribution in [0.2, 0.25) is 0 Å². The monoisotopic (exact) mass is 500 g/mol. The molecule has 2 atom stereocenters. The number of nitrogens with zero attached hydrogens (tertiary/aromatic N) is 3. The molecule has 0 spiro atoms. The number of nitrogens with one attached hydrogen (secondary N) is 1. The summed E-state index contributed by atoms with van der Waals surface area (Å²) in [4.78, 5) is 16.4. The smallest absolute Gasteiger partial charge is 0.347 e. The summed E-state index contributed by atoms with van der Waals surface area (Å²) in [6.45, 7) is 0. The average Bonchev–Trinajstić information content (AvgIpc) is 3.10. The van der Waals surface area contributed by atoms with Crippen molar-refractivity contribution in [2.24, 2.45) is 7.05 Å². The molecule has 2 aliphatic rings. The molecule has 5 nitrogen and oxygen atoms in total. The fourth-order valence-electron chi connectivity index (χ4n) is 5.54. The Labute approximate surface area is 206 Å². The first-order valence-corrected chi connectivity index (χ1v) is 11.4. The molecule has 1 aromatic carbocycles. The lowest BCUT2D eigenvalue weighted by Crippen LogP contribution is -2.42. The van der Waals surface area contributed by atoms with Crippen molar-refractivity contribution < 1.29 is 13.2 Å². The summed E-state index contributed by atoms with van der Waals surface area (Å²) in [5.41, 5.74) is 4.38. The van der Waals surface area contributed by atoms with Crippen LogP contribution in [-0.2, 0) is 19.6 Å². The Morgan fingerprint density at radius 3 is 2.60 bits per heavy atom. The maximum Gasteiger partial charge on any atom is 0.433 e. The van der Waals surface area contributed by atoms with E-state index in [1.165, 1.54) is 41.6 Å². The van der Waals surface area contributed by atoms with Crippen molar-refractivity contribution in [3.8, 4) is 16.8 Å². The summed E-state index contributed by atoms with van der Waals surface area (Å²) in [5, 5.41) is 4.99. The number of alkyl halides is 3. The number of fused-ring (bicyclic) bond motifs is 6. The molecule has 0 radical (unpaired) electrons. The number of piperidine rings is 1. The lowest BCUT2D eigenvalue weighted by atomic mass is 9.84. The highest BCUT2D eigenvalue weighted by molar-refractivity contribution is 5.88. The number of hydrogen-bond acceptors (Lipinski definition) is 3. The van der Waals surface area contributed by atoms with Crippen LogP contribution < -0.4 is 10.9 Å². The van der Waals surface area contributed by atoms with Crippen molar-refractivity contribution in [3.05, 3.63) is 82.2 Å². The first kappa shape index (κ1) is 23.6. The van der Waals surface area contributed by atoms with Gasteiger partial charge in [0.2, 0.25) is 0 Å². The van der Waals surface area contributed by atoms with Crippen molar-refractivity contribution in [2.75, 3.05) is 0 Å². The molecule has 6 rings (SSSR count). The van der Waals surface area contributed by atoms with E-state index in [0.717, 1.165) is 36.3 Å². The van der Waals surface area contributed by atoms with Gasteiger partial charge in [-0.05, 0) is 54.7 Å². The first-order chi connectivity index (χ1) is 16.3. The van der Waals surface area contributed by atoms with Crippen LogP contribution in [0.4, 0.5) is 13.2 Å². The number of aromatic nitrogens is 3. The van der Waals surface area contributed by atoms with E-state index in [2.05, 4.69) is 28.0 Å². The van der Waals surface area contributed by atoms with E-state index in [9.17, 15) is 18.0 Å². The maximum absolute atomic E-state index is 13.0. The summed E-state index contributed by atoms with van der Waals surface area (Å²) in [5.74, 6) is 0. The minimum Gasteiger partial charge on any atom is -0.347 e. The van der Waals surface area contributed by atoms with E-state index in [-0.39, 0.29) is 18.0 Å². The molecule has 2 unspecified atom stereocenters. The highest BCUT2D eigenvalue weighted by atomic mass is 35.5. The first-order valence-electron chi connectivity index (χ1n) is 11.4. The van der Waals surface area contributed by atoms with Crippen molar-refractivity contribution in [3.63, 3.8) is 0 Å². The second-order valence-corrected chi connectivity index (χ2v) is 9.23. The molecule has 1 fully saturated rings. The number of aryl methyl sites for hydroxylation is 1. The molecule has 4 aromatic rings. The fraction of sp³-hybridized carbons (Fsp3) is 0.308. The molecule has 3 aromatic heterocycles. The predicted octanol–water partition coefficient (Wildman–Crippen LogP) is 5.57. The predicted molar refractivity (Wildman–Crippen MR) is 131 cm³/mol. The molecule has 1 saturated heterocycles. The van der Waals surface area contributed by atoms with Crippen LogP contribution in [0.25, 0.3) is 27.7 Å². The van der Waals surface area contributed by atoms with Crippen LogP contribution in [0.1, 0.15) is 42.3 Å². The number of hydrogen-bond donors (Lipinski definition) is 1. The Hall–Kier alpha value is -3.10. The number of rotatable bonds is 2. The largest absolute Gasteiger partial charge is 0.433 e. The summed E-state index contributed by atoms with van der Waals surface area (Å²) in [6, 6.07) is 12.4. The van der Waals surface area contributed by atoms with E-state index < -0.39 is 11.9 Å². The van der Waals surface area contributed by atoms with Gasteiger partial charge >= 0.3 is 6.18 Å². The third-order valence-electron chi connectivity index (χ3n) is 7.20. The lowest BCUT2D eigenvalue weighted by Gasteiger charge is -2.36. The van der Waals surface area contributed by atoms with Gasteiger partial charge in [-0.1, -0.05) is 12.1 Å². The van der Waals surface area contributed by atoms with Gasteiger partial charge in [0.25, 0.3) is 5.56 Å². The van der Waals surface area contributed by atoms with Gasteiger partial charge < -0.3 is 9.88 Å². The summed E-state index contributed by atoms with van der Waals surface area (Å²) in [6.07, 6.45) is 2.92. The summed E-state index contributed by atoms with van der Waals surface area (Å²) in [7, 11) is 2.09. The van der Waals surface area contributed by atoms with Crippen LogP contribution in [0.5, 0.6) is 0 Å². The Bertz CT molecular complexity index is 1470. The minimum absolute atomic E-state index is 0. The zero-order valence-electron chi connectivity index (χ0n) is 19.0. The quantitative estimate of drug-likeness (QED) is 0.391. The normalized spacial score (nSPS) is 19.3. The van der Waals surface area contributed by atoms with Crippen LogP contribution in [-0.4, -0.2) is 20.2 Å². The van der Waals surface area contributed by atoms with Gasteiger partial charge in [0.15, 0.2) is 0 Å². The number of pyridine rings is 2. The third kappa shape index (κ3) is 3.94. The topological polar surface area (TPSA) is 51.9 Å². The van der Waals surface area contributed by atoms with E-state index in [1.807, 2.05) is 12.1 Å². The highest BCUT2D eigenvalue weighted by Crippen LogP contribution is 2.40. The molecular weight excluding hydrogens is 477 g/mol. The van der Waals surface area contributed by atoms with Gasteiger partial charge in [0.1, 0.15) is 5.69 Å². The molecule has 1 N–H and O–H groups in total. The standard InChI is InChI=1S/C26H23F3N4O.ClH/c1-32-21-13-18(6-7-19(21)25-20-4-2-3-17(31-20)12-22(25)32)33-10-9-15(11-24(33)34)16-5-8-23(30-14-16)26(27,28)29;/h5-11,13-14,17,20,31H,2-4,12H2,1H3;1H. The van der Waals surface area contributed by atoms with Gasteiger partial charge in [0, 0.05) is 60.7 Å². The molecule has 35 heavy (non-hydrogen) atoms. The Balaban J connectivity index is 0.00000253. The summed E-state index contributed by atoms with van der Waals surface area (Å²) < 4.78 is 42.2. The molecule has 0 aliphatic carbocycles. The van der Waals surface area contributed by atoms with Gasteiger partial charge in [-0.2, -0.15) is 13.2 Å². The molecule has 5 heterocycles. The average molecular weight is 501 g/mol. The molecule has 2 bridgehead atoms. The SMILES string of the molecule is Cl.Cn1c2c(c3ccc(-n4ccc(-c5ccc(C(F)(F)F)nc5)cc4=O)cc31)C1CCCC(C2)N1. The van der Waals surface area contributed by atoms with E-state index in [0.29, 0.717) is 23.2 Å². The maximum atomic E-state index is 13.0. The zero-order chi connectivity index (χ0) is 23.6. The minimum atomic E-state index is -4.49. The molecular formula is C26H24ClF3N4O. The van der Waals surface area contributed by atoms with E-state index >= 15 is 0 Å². The van der Waals surface area contributed by atoms with Gasteiger partial charge in [-0.15, -0.1) is 12.4 Å². The van der Waals surface area contributed by atoms with Gasteiger partial charge in [0.05, 0.1) is 11.2 Å². The zero-order valence-corrected chi connectivity index (χ0v) is 19.8. The number of benzene rings is 1. The van der Waals surface area contributed by atoms with Crippen molar-refractivity contribution in [1.29, 1.82) is 0 Å². The Kier molecular flexibility index (Phi) is 5.76. The van der Waals surface area contributed by atoms with Crippen molar-refractivity contribution in [2.45, 2.75) is 43.9 Å². The molecule has 182 valence electrons. The Morgan fingerprint density at radius 1 is 1.06 bits per heavy atom. The van der Waals surface area contributed by atoms with Gasteiger partial charge in [-0.3, -0.25) is 14.3 Å². The van der Waals surface area contributed by atoms with E-state index in [1.54, 1.807) is 16.8 Å². The van der Waals surface area contributed by atoms with Crippen LogP contribution >= 0.6 is 12.4 Å². The fourth-order valence-corrected chi connectivity index (χ4v) is 5.54. The van der Waals surface area contributed by atoms with Crippen LogP contribution in [0.3, 0.4) is 0 Å². The molecule has 2 aliphatic heterocycles. The summed E-state index contributed by atoms with van der Waals surface area (Å²) >= 11 is 0. The molecule has 9 heteroatoms. The van der Waals surface area contributed by atoms with Gasteiger partial charge in [-0.25, -0.2) is 0 Å². The number of halogens is 4. The second kappa shape index (κ2) is 8.53. The van der Waals surface area contributed by atoms with Crippen LogP contribution in [0, 0.1) is 0 Å². The van der Waals surface area contributed by atoms with Crippen molar-refractivity contribution >= 4 is 23.3 Å². The Morgan fingerprint density at radius 2 is 1.89 bits per heavy atom. The molecule has 0 amide bonds. The molecule has 0 saturated carbocycles. The van der Waals surface area contributed by atoms with Crippen molar-refractivity contribution in [1.82, 2.24) is 19.4 Å². The van der Waals surface area contributed by atoms with Crippen LogP contribution in [0.15, 0.2) is 59.7 Å². The third-order valence-corrected chi connectivity index (χ3v) is 7.20. The lowest BCUT2D eigenvalue weighted by molar-refractivity contribution is -0.141.